The van der Waals surface area contributed by atoms with E-state index in [2.05, 4.69) is 9.97 Å². The van der Waals surface area contributed by atoms with Gasteiger partial charge in [-0.1, -0.05) is 0 Å². The van der Waals surface area contributed by atoms with Gasteiger partial charge in [-0.15, -0.1) is 0 Å². The summed E-state index contributed by atoms with van der Waals surface area (Å²) < 4.78 is 40.3. The summed E-state index contributed by atoms with van der Waals surface area (Å²) in [5.74, 6) is -2.51. The molecule has 0 fully saturated rings. The fraction of sp³-hybridized carbons (Fsp3) is 0.188. The van der Waals surface area contributed by atoms with Crippen LogP contribution in [0.2, 0.25) is 5.28 Å². The van der Waals surface area contributed by atoms with Crippen molar-refractivity contribution in [1.82, 2.24) is 14.5 Å². The standard InChI is InChI=1S/C16H12ClF2N3O3/c1-22-14-7(6-20-16(17)21-14)4-8(15(22)23)11-12(18)9(24-2)5-10(25-3)13(11)19/h4-6H,1-3H3. The molecule has 3 rings (SSSR count). The van der Waals surface area contributed by atoms with Gasteiger partial charge in [-0.25, -0.2) is 13.8 Å². The lowest BCUT2D eigenvalue weighted by Gasteiger charge is -2.14. The van der Waals surface area contributed by atoms with Gasteiger partial charge in [0.25, 0.3) is 5.56 Å². The van der Waals surface area contributed by atoms with Gasteiger partial charge < -0.3 is 9.47 Å². The first-order chi connectivity index (χ1) is 11.9. The highest BCUT2D eigenvalue weighted by molar-refractivity contribution is 6.28. The zero-order chi connectivity index (χ0) is 18.3. The van der Waals surface area contributed by atoms with Gasteiger partial charge in [0.2, 0.25) is 5.28 Å². The highest BCUT2D eigenvalue weighted by atomic mass is 35.5. The van der Waals surface area contributed by atoms with Gasteiger partial charge in [-0.05, 0) is 17.7 Å². The lowest BCUT2D eigenvalue weighted by atomic mass is 10.0. The van der Waals surface area contributed by atoms with Crippen molar-refractivity contribution in [3.05, 3.63) is 45.6 Å². The number of benzene rings is 1. The number of fused-ring (bicyclic) bond motifs is 1. The van der Waals surface area contributed by atoms with Crippen molar-refractivity contribution in [2.45, 2.75) is 0 Å². The summed E-state index contributed by atoms with van der Waals surface area (Å²) in [5, 5.41) is 0.345. The van der Waals surface area contributed by atoms with Crippen molar-refractivity contribution in [2.24, 2.45) is 7.05 Å². The summed E-state index contributed by atoms with van der Waals surface area (Å²) >= 11 is 5.74. The zero-order valence-electron chi connectivity index (χ0n) is 13.4. The normalized spacial score (nSPS) is 11.0. The Balaban J connectivity index is 2.43. The van der Waals surface area contributed by atoms with E-state index in [1.165, 1.54) is 33.5 Å². The highest BCUT2D eigenvalue weighted by Crippen LogP contribution is 2.37. The average molecular weight is 368 g/mol. The molecule has 0 unspecified atom stereocenters. The summed E-state index contributed by atoms with van der Waals surface area (Å²) in [6.45, 7) is 0. The third kappa shape index (κ3) is 2.68. The molecule has 0 saturated heterocycles. The Hall–Kier alpha value is -2.74. The quantitative estimate of drug-likeness (QED) is 0.666. The molecule has 6 nitrogen and oxygen atoms in total. The second-order valence-electron chi connectivity index (χ2n) is 5.12. The molecule has 0 atom stereocenters. The van der Waals surface area contributed by atoms with Crippen molar-refractivity contribution in [1.29, 1.82) is 0 Å². The van der Waals surface area contributed by atoms with E-state index in [-0.39, 0.29) is 28.0 Å². The topological polar surface area (TPSA) is 66.2 Å². The fourth-order valence-electron chi connectivity index (χ4n) is 2.53. The van der Waals surface area contributed by atoms with E-state index < -0.39 is 22.8 Å². The Bertz CT molecular complexity index is 1020. The van der Waals surface area contributed by atoms with E-state index in [1.807, 2.05) is 0 Å². The molecular formula is C16H12ClF2N3O3. The minimum atomic E-state index is -1.01. The van der Waals surface area contributed by atoms with Crippen molar-refractivity contribution in [2.75, 3.05) is 14.2 Å². The van der Waals surface area contributed by atoms with Crippen molar-refractivity contribution >= 4 is 22.6 Å². The number of hydrogen-bond donors (Lipinski definition) is 0. The third-order valence-electron chi connectivity index (χ3n) is 3.76. The molecule has 1 aromatic carbocycles. The Morgan fingerprint density at radius 1 is 1.12 bits per heavy atom. The van der Waals surface area contributed by atoms with Gasteiger partial charge in [-0.3, -0.25) is 9.36 Å². The average Bonchev–Trinajstić information content (AvgIpc) is 2.60. The van der Waals surface area contributed by atoms with Crippen LogP contribution in [0.3, 0.4) is 0 Å². The summed E-state index contributed by atoms with van der Waals surface area (Å²) in [5.41, 5.74) is -1.18. The van der Waals surface area contributed by atoms with Crippen LogP contribution in [0.15, 0.2) is 23.1 Å². The fourth-order valence-corrected chi connectivity index (χ4v) is 2.66. The van der Waals surface area contributed by atoms with Crippen LogP contribution < -0.4 is 15.0 Å². The SMILES string of the molecule is COc1cc(OC)c(F)c(-c2cc3cnc(Cl)nc3n(C)c2=O)c1F. The van der Waals surface area contributed by atoms with Crippen LogP contribution in [0.1, 0.15) is 0 Å². The van der Waals surface area contributed by atoms with Crippen LogP contribution in [0.4, 0.5) is 8.78 Å². The molecule has 0 aliphatic carbocycles. The Labute approximate surface area is 145 Å². The first kappa shape index (κ1) is 17.1. The van der Waals surface area contributed by atoms with Crippen molar-refractivity contribution < 1.29 is 18.3 Å². The molecular weight excluding hydrogens is 356 g/mol. The maximum Gasteiger partial charge on any atom is 0.260 e. The van der Waals surface area contributed by atoms with Gasteiger partial charge in [0, 0.05) is 24.7 Å². The molecule has 0 saturated carbocycles. The van der Waals surface area contributed by atoms with Crippen LogP contribution in [-0.2, 0) is 7.05 Å². The summed E-state index contributed by atoms with van der Waals surface area (Å²) in [6, 6.07) is 2.37. The maximum absolute atomic E-state index is 14.7. The van der Waals surface area contributed by atoms with E-state index in [0.717, 1.165) is 10.6 Å². The predicted molar refractivity (Wildman–Crippen MR) is 88.2 cm³/mol. The molecule has 0 aliphatic rings. The van der Waals surface area contributed by atoms with Crippen LogP contribution in [0, 0.1) is 11.6 Å². The number of hydrogen-bond acceptors (Lipinski definition) is 5. The monoisotopic (exact) mass is 367 g/mol. The van der Waals surface area contributed by atoms with E-state index in [0.29, 0.717) is 5.39 Å². The number of nitrogens with zero attached hydrogens (tertiary/aromatic N) is 3. The first-order valence-electron chi connectivity index (χ1n) is 7.01. The van der Waals surface area contributed by atoms with Gasteiger partial charge in [0.05, 0.1) is 25.3 Å². The summed E-state index contributed by atoms with van der Waals surface area (Å²) in [7, 11) is 3.88. The minimum absolute atomic E-state index is 0.0457. The Kier molecular flexibility index (Phi) is 4.30. The Morgan fingerprint density at radius 2 is 1.72 bits per heavy atom. The number of aromatic nitrogens is 3. The molecule has 0 spiro atoms. The zero-order valence-corrected chi connectivity index (χ0v) is 14.2. The molecule has 130 valence electrons. The van der Waals surface area contributed by atoms with E-state index in [9.17, 15) is 13.6 Å². The van der Waals surface area contributed by atoms with Crippen LogP contribution in [0.25, 0.3) is 22.2 Å². The minimum Gasteiger partial charge on any atom is -0.494 e. The van der Waals surface area contributed by atoms with Gasteiger partial charge >= 0.3 is 0 Å². The molecule has 2 aromatic heterocycles. The Morgan fingerprint density at radius 3 is 2.28 bits per heavy atom. The van der Waals surface area contributed by atoms with Crippen molar-refractivity contribution in [3.8, 4) is 22.6 Å². The van der Waals surface area contributed by atoms with Crippen LogP contribution in [0.5, 0.6) is 11.5 Å². The molecule has 3 aromatic rings. The molecule has 0 aliphatic heterocycles. The number of pyridine rings is 1. The van der Waals surface area contributed by atoms with E-state index >= 15 is 0 Å². The lowest BCUT2D eigenvalue weighted by Crippen LogP contribution is -2.21. The second kappa shape index (κ2) is 6.29. The maximum atomic E-state index is 14.7. The molecule has 0 radical (unpaired) electrons. The number of rotatable bonds is 3. The summed E-state index contributed by atoms with van der Waals surface area (Å²) in [4.78, 5) is 20.4. The summed E-state index contributed by atoms with van der Waals surface area (Å²) in [6.07, 6.45) is 1.36. The van der Waals surface area contributed by atoms with E-state index in [1.54, 1.807) is 0 Å². The molecule has 9 heteroatoms. The van der Waals surface area contributed by atoms with Gasteiger partial charge in [-0.2, -0.15) is 4.98 Å². The van der Waals surface area contributed by atoms with Crippen LogP contribution >= 0.6 is 11.6 Å². The lowest BCUT2D eigenvalue weighted by molar-refractivity contribution is 0.359. The van der Waals surface area contributed by atoms with E-state index in [4.69, 9.17) is 21.1 Å². The van der Waals surface area contributed by atoms with Gasteiger partial charge in [0.1, 0.15) is 5.65 Å². The number of methoxy groups -OCH3 is 2. The van der Waals surface area contributed by atoms with Crippen molar-refractivity contribution in [3.63, 3.8) is 0 Å². The molecule has 0 N–H and O–H groups in total. The third-order valence-corrected chi connectivity index (χ3v) is 3.94. The smallest absolute Gasteiger partial charge is 0.260 e. The number of ether oxygens (including phenoxy) is 2. The first-order valence-corrected chi connectivity index (χ1v) is 7.39. The number of halogens is 3. The molecule has 25 heavy (non-hydrogen) atoms. The molecule has 2 heterocycles. The highest BCUT2D eigenvalue weighted by Gasteiger charge is 2.24. The molecule has 0 amide bonds. The van der Waals surface area contributed by atoms with Crippen LogP contribution in [-0.4, -0.2) is 28.8 Å². The van der Waals surface area contributed by atoms with Gasteiger partial charge in [0.15, 0.2) is 23.1 Å². The number of aryl methyl sites for hydroxylation is 1. The molecule has 0 bridgehead atoms. The largest absolute Gasteiger partial charge is 0.494 e. The second-order valence-corrected chi connectivity index (χ2v) is 5.46. The predicted octanol–water partition coefficient (Wildman–Crippen LogP) is 2.94.